The lowest BCUT2D eigenvalue weighted by molar-refractivity contribution is 0.0982. The molecule has 0 spiro atoms. The van der Waals surface area contributed by atoms with Crippen molar-refractivity contribution in [2.45, 2.75) is 20.4 Å². The van der Waals surface area contributed by atoms with Crippen molar-refractivity contribution in [1.29, 1.82) is 0 Å². The predicted octanol–water partition coefficient (Wildman–Crippen LogP) is 1.84. The topological polar surface area (TPSA) is 126 Å². The van der Waals surface area contributed by atoms with Crippen LogP contribution in [0.4, 0.5) is 5.69 Å². The molecular weight excluding hydrogens is 338 g/mol. The molecule has 0 saturated heterocycles. The molecule has 132 valence electrons. The standard InChI is InChI=1S/C16H15N7O3/c1-9-8-26-10(2)15(9)16(24)22(7-14-18-20-21-19-14)12-3-4-13-11(5-12)6-17-23(13)25/h3-6,8,25H,7H2,1-2H3,(H,18,19,20,21). The van der Waals surface area contributed by atoms with Crippen molar-refractivity contribution < 1.29 is 14.4 Å². The lowest BCUT2D eigenvalue weighted by Gasteiger charge is -2.21. The van der Waals surface area contributed by atoms with Crippen molar-refractivity contribution in [3.63, 3.8) is 0 Å². The van der Waals surface area contributed by atoms with Crippen LogP contribution in [0.25, 0.3) is 10.9 Å². The zero-order valence-electron chi connectivity index (χ0n) is 14.0. The normalized spacial score (nSPS) is 11.2. The van der Waals surface area contributed by atoms with Gasteiger partial charge in [-0.15, -0.1) is 20.1 Å². The number of anilines is 1. The molecule has 10 heteroatoms. The van der Waals surface area contributed by atoms with Gasteiger partial charge in [0.1, 0.15) is 11.3 Å². The molecule has 2 N–H and O–H groups in total. The molecule has 0 aliphatic heterocycles. The van der Waals surface area contributed by atoms with E-state index in [-0.39, 0.29) is 12.5 Å². The van der Waals surface area contributed by atoms with E-state index in [1.165, 1.54) is 11.1 Å². The fourth-order valence-corrected chi connectivity index (χ4v) is 2.87. The first kappa shape index (κ1) is 15.8. The van der Waals surface area contributed by atoms with Gasteiger partial charge in [0.05, 0.1) is 24.6 Å². The summed E-state index contributed by atoms with van der Waals surface area (Å²) in [7, 11) is 0. The lowest BCUT2D eigenvalue weighted by atomic mass is 10.1. The van der Waals surface area contributed by atoms with E-state index in [0.29, 0.717) is 33.7 Å². The monoisotopic (exact) mass is 353 g/mol. The number of amides is 1. The zero-order chi connectivity index (χ0) is 18.3. The molecule has 4 aromatic rings. The first-order valence-electron chi connectivity index (χ1n) is 7.80. The Balaban J connectivity index is 1.80. The minimum absolute atomic E-state index is 0.123. The summed E-state index contributed by atoms with van der Waals surface area (Å²) in [4.78, 5) is 15.5. The fourth-order valence-electron chi connectivity index (χ4n) is 2.87. The third-order valence-electron chi connectivity index (χ3n) is 4.15. The highest BCUT2D eigenvalue weighted by atomic mass is 16.5. The van der Waals surface area contributed by atoms with Crippen molar-refractivity contribution in [2.75, 3.05) is 4.90 Å². The zero-order valence-corrected chi connectivity index (χ0v) is 14.0. The highest BCUT2D eigenvalue weighted by Gasteiger charge is 2.25. The second-order valence-electron chi connectivity index (χ2n) is 5.85. The summed E-state index contributed by atoms with van der Waals surface area (Å²) in [6, 6.07) is 5.17. The number of H-pyrrole nitrogens is 1. The summed E-state index contributed by atoms with van der Waals surface area (Å²) in [5.41, 5.74) is 2.39. The number of nitrogens with one attached hydrogen (secondary N) is 1. The second-order valence-corrected chi connectivity index (χ2v) is 5.85. The summed E-state index contributed by atoms with van der Waals surface area (Å²) in [5, 5.41) is 28.0. The number of benzene rings is 1. The van der Waals surface area contributed by atoms with Crippen LogP contribution in [0, 0.1) is 13.8 Å². The summed E-state index contributed by atoms with van der Waals surface area (Å²) in [5.74, 6) is 0.666. The maximum atomic E-state index is 13.2. The number of rotatable bonds is 4. The van der Waals surface area contributed by atoms with Gasteiger partial charge in [-0.1, -0.05) is 5.21 Å². The number of aromatic nitrogens is 6. The number of hydrogen-bond donors (Lipinski definition) is 2. The van der Waals surface area contributed by atoms with Gasteiger partial charge in [-0.05, 0) is 32.0 Å². The molecule has 1 aromatic carbocycles. The van der Waals surface area contributed by atoms with Crippen molar-refractivity contribution in [3.05, 3.63) is 53.4 Å². The quantitative estimate of drug-likeness (QED) is 0.536. The Labute approximate surface area is 147 Å². The molecule has 10 nitrogen and oxygen atoms in total. The number of hydrogen-bond acceptors (Lipinski definition) is 7. The van der Waals surface area contributed by atoms with Gasteiger partial charge in [-0.25, -0.2) is 0 Å². The van der Waals surface area contributed by atoms with Crippen LogP contribution in [-0.4, -0.2) is 41.7 Å². The van der Waals surface area contributed by atoms with Crippen LogP contribution < -0.4 is 4.90 Å². The van der Waals surface area contributed by atoms with Gasteiger partial charge < -0.3 is 14.5 Å². The molecule has 1 amide bonds. The van der Waals surface area contributed by atoms with Gasteiger partial charge in [0.15, 0.2) is 5.82 Å². The van der Waals surface area contributed by atoms with E-state index < -0.39 is 0 Å². The van der Waals surface area contributed by atoms with Gasteiger partial charge in [-0.2, -0.15) is 5.21 Å². The smallest absolute Gasteiger partial charge is 0.262 e. The number of aromatic amines is 1. The van der Waals surface area contributed by atoms with E-state index in [1.54, 1.807) is 31.4 Å². The largest absolute Gasteiger partial charge is 0.469 e. The Morgan fingerprint density at radius 2 is 2.23 bits per heavy atom. The van der Waals surface area contributed by atoms with Crippen molar-refractivity contribution in [3.8, 4) is 0 Å². The molecule has 26 heavy (non-hydrogen) atoms. The number of furan rings is 1. The van der Waals surface area contributed by atoms with Crippen molar-refractivity contribution >= 4 is 22.5 Å². The maximum absolute atomic E-state index is 13.2. The summed E-state index contributed by atoms with van der Waals surface area (Å²) >= 11 is 0. The van der Waals surface area contributed by atoms with Crippen LogP contribution in [0.3, 0.4) is 0 Å². The average Bonchev–Trinajstić information content (AvgIpc) is 3.34. The molecular formula is C16H15N7O3. The van der Waals surface area contributed by atoms with Gasteiger partial charge in [0, 0.05) is 16.6 Å². The van der Waals surface area contributed by atoms with Crippen LogP contribution in [0.2, 0.25) is 0 Å². The van der Waals surface area contributed by atoms with Gasteiger partial charge in [0.2, 0.25) is 0 Å². The molecule has 0 fully saturated rings. The summed E-state index contributed by atoms with van der Waals surface area (Å²) in [6.07, 6.45) is 3.07. The van der Waals surface area contributed by atoms with E-state index in [1.807, 2.05) is 6.92 Å². The minimum atomic E-state index is -0.241. The molecule has 0 aliphatic carbocycles. The van der Waals surface area contributed by atoms with Gasteiger partial charge >= 0.3 is 0 Å². The van der Waals surface area contributed by atoms with Crippen LogP contribution in [0.1, 0.15) is 27.5 Å². The number of carbonyl (C=O) groups excluding carboxylic acids is 1. The van der Waals surface area contributed by atoms with E-state index in [4.69, 9.17) is 4.42 Å². The number of nitrogens with zero attached hydrogens (tertiary/aromatic N) is 6. The molecule has 0 saturated carbocycles. The van der Waals surface area contributed by atoms with Crippen molar-refractivity contribution in [1.82, 2.24) is 30.6 Å². The molecule has 3 aromatic heterocycles. The molecule has 0 unspecified atom stereocenters. The minimum Gasteiger partial charge on any atom is -0.469 e. The first-order chi connectivity index (χ1) is 12.5. The third kappa shape index (κ3) is 2.57. The van der Waals surface area contributed by atoms with E-state index >= 15 is 0 Å². The van der Waals surface area contributed by atoms with Crippen LogP contribution in [0.15, 0.2) is 35.1 Å². The summed E-state index contributed by atoms with van der Waals surface area (Å²) < 4.78 is 5.37. The SMILES string of the molecule is Cc1coc(C)c1C(=O)N(Cc1nn[nH]n1)c1ccc2c(cnn2O)c1. The van der Waals surface area contributed by atoms with E-state index in [0.717, 1.165) is 10.4 Å². The third-order valence-corrected chi connectivity index (χ3v) is 4.15. The van der Waals surface area contributed by atoms with Crippen LogP contribution in [0.5, 0.6) is 0 Å². The van der Waals surface area contributed by atoms with E-state index in [9.17, 15) is 10.0 Å². The highest BCUT2D eigenvalue weighted by molar-refractivity contribution is 6.08. The van der Waals surface area contributed by atoms with Gasteiger partial charge in [-0.3, -0.25) is 4.79 Å². The Bertz CT molecular complexity index is 1060. The molecule has 0 atom stereocenters. The van der Waals surface area contributed by atoms with Crippen LogP contribution >= 0.6 is 0 Å². The van der Waals surface area contributed by atoms with Crippen molar-refractivity contribution in [2.24, 2.45) is 0 Å². The molecule has 4 rings (SSSR count). The number of tetrazole rings is 1. The molecule has 0 radical (unpaired) electrons. The molecule has 0 aliphatic rings. The fraction of sp³-hybridized carbons (Fsp3) is 0.188. The Morgan fingerprint density at radius 3 is 2.92 bits per heavy atom. The summed E-state index contributed by atoms with van der Waals surface area (Å²) in [6.45, 7) is 3.68. The second kappa shape index (κ2) is 5.99. The average molecular weight is 353 g/mol. The molecule has 3 heterocycles. The van der Waals surface area contributed by atoms with Gasteiger partial charge in [0.25, 0.3) is 5.91 Å². The Hall–Kier alpha value is -3.69. The van der Waals surface area contributed by atoms with E-state index in [2.05, 4.69) is 25.7 Å². The Morgan fingerprint density at radius 1 is 1.38 bits per heavy atom. The maximum Gasteiger partial charge on any atom is 0.262 e. The molecule has 0 bridgehead atoms. The predicted molar refractivity (Wildman–Crippen MR) is 89.8 cm³/mol. The lowest BCUT2D eigenvalue weighted by Crippen LogP contribution is -2.31. The number of fused-ring (bicyclic) bond motifs is 1. The number of aryl methyl sites for hydroxylation is 2. The highest BCUT2D eigenvalue weighted by Crippen LogP contribution is 2.26. The first-order valence-corrected chi connectivity index (χ1v) is 7.80. The van der Waals surface area contributed by atoms with Crippen LogP contribution in [-0.2, 0) is 6.54 Å². The Kier molecular flexibility index (Phi) is 3.64. The number of carbonyl (C=O) groups is 1.